The molecule has 1 saturated carbocycles. The van der Waals surface area contributed by atoms with E-state index in [4.69, 9.17) is 9.47 Å². The minimum Gasteiger partial charge on any atom is -0.480 e. The number of alkyl carbamates (subject to hydrolysis) is 1. The molecular formula is C24H24N2O6. The topological polar surface area (TPSA) is 114 Å². The van der Waals surface area contributed by atoms with Crippen LogP contribution in [0.5, 0.6) is 0 Å². The van der Waals surface area contributed by atoms with E-state index in [1.807, 2.05) is 36.4 Å². The molecule has 2 aliphatic carbocycles. The number of benzene rings is 2. The van der Waals surface area contributed by atoms with Crippen LogP contribution < -0.4 is 10.6 Å². The standard InChI is InChI=1S/C24H24N2O6/c27-21(26-24(10-11-24)22(28)29)20-19(9-12-31-20)25-23(30)32-13-18-16-7-3-1-5-14(16)15-6-2-4-8-17(15)18/h1-8,18-20H,9-13H2,(H,25,30)(H,26,27)(H,28,29)/t19-,20+/m1/s1. The number of fused-ring (bicyclic) bond motifs is 3. The molecule has 166 valence electrons. The van der Waals surface area contributed by atoms with Crippen LogP contribution in [0.3, 0.4) is 0 Å². The van der Waals surface area contributed by atoms with Crippen molar-refractivity contribution >= 4 is 18.0 Å². The minimum absolute atomic E-state index is 0.0580. The molecule has 1 saturated heterocycles. The maximum Gasteiger partial charge on any atom is 0.407 e. The second kappa shape index (κ2) is 7.94. The molecule has 0 radical (unpaired) electrons. The van der Waals surface area contributed by atoms with E-state index < -0.39 is 35.7 Å². The number of carbonyl (C=O) groups excluding carboxylic acids is 2. The van der Waals surface area contributed by atoms with E-state index in [0.717, 1.165) is 22.3 Å². The first-order valence-corrected chi connectivity index (χ1v) is 10.8. The summed E-state index contributed by atoms with van der Waals surface area (Å²) in [5, 5.41) is 14.6. The molecule has 2 aromatic rings. The zero-order valence-electron chi connectivity index (χ0n) is 17.4. The predicted octanol–water partition coefficient (Wildman–Crippen LogP) is 2.42. The summed E-state index contributed by atoms with van der Waals surface area (Å²) in [5.41, 5.74) is 3.32. The van der Waals surface area contributed by atoms with Crippen LogP contribution in [-0.2, 0) is 19.1 Å². The van der Waals surface area contributed by atoms with Gasteiger partial charge in [0.2, 0.25) is 0 Å². The lowest BCUT2D eigenvalue weighted by Crippen LogP contribution is -2.53. The molecule has 0 unspecified atom stereocenters. The molecule has 2 amide bonds. The van der Waals surface area contributed by atoms with Crippen LogP contribution in [0.25, 0.3) is 11.1 Å². The summed E-state index contributed by atoms with van der Waals surface area (Å²) in [6.45, 7) is 0.471. The number of rotatable bonds is 6. The summed E-state index contributed by atoms with van der Waals surface area (Å²) in [6, 6.07) is 15.6. The maximum atomic E-state index is 12.5. The normalized spacial score (nSPS) is 22.5. The van der Waals surface area contributed by atoms with Gasteiger partial charge in [-0.2, -0.15) is 0 Å². The molecule has 2 aromatic carbocycles. The van der Waals surface area contributed by atoms with Gasteiger partial charge >= 0.3 is 12.1 Å². The van der Waals surface area contributed by atoms with Gasteiger partial charge in [-0.25, -0.2) is 9.59 Å². The number of aliphatic carboxylic acids is 1. The number of carboxylic acid groups (broad SMARTS) is 1. The molecule has 0 aromatic heterocycles. The van der Waals surface area contributed by atoms with Crippen molar-refractivity contribution in [2.24, 2.45) is 0 Å². The average Bonchev–Trinajstić information content (AvgIpc) is 3.31. The van der Waals surface area contributed by atoms with Crippen molar-refractivity contribution in [1.82, 2.24) is 10.6 Å². The fraction of sp³-hybridized carbons (Fsp3) is 0.375. The summed E-state index contributed by atoms with van der Waals surface area (Å²) >= 11 is 0. The molecule has 2 atom stereocenters. The van der Waals surface area contributed by atoms with Gasteiger partial charge < -0.3 is 25.2 Å². The number of hydrogen-bond donors (Lipinski definition) is 3. The zero-order chi connectivity index (χ0) is 22.3. The summed E-state index contributed by atoms with van der Waals surface area (Å²) < 4.78 is 11.0. The van der Waals surface area contributed by atoms with Crippen molar-refractivity contribution in [3.05, 3.63) is 59.7 Å². The molecule has 0 bridgehead atoms. The molecule has 2 fully saturated rings. The highest BCUT2D eigenvalue weighted by molar-refractivity contribution is 5.92. The van der Waals surface area contributed by atoms with Gasteiger partial charge in [0.05, 0.1) is 6.04 Å². The Hall–Kier alpha value is -3.39. The minimum atomic E-state index is -1.20. The van der Waals surface area contributed by atoms with Crippen LogP contribution in [0.1, 0.15) is 36.3 Å². The number of carboxylic acids is 1. The number of carbonyl (C=O) groups is 3. The lowest BCUT2D eigenvalue weighted by Gasteiger charge is -2.22. The van der Waals surface area contributed by atoms with Gasteiger partial charge in [0, 0.05) is 12.5 Å². The Morgan fingerprint density at radius 3 is 2.25 bits per heavy atom. The van der Waals surface area contributed by atoms with Gasteiger partial charge in [0.15, 0.2) is 6.10 Å². The first-order chi connectivity index (χ1) is 15.5. The quantitative estimate of drug-likeness (QED) is 0.641. The Labute approximate surface area is 184 Å². The molecule has 8 nitrogen and oxygen atoms in total. The van der Waals surface area contributed by atoms with Gasteiger partial charge in [-0.1, -0.05) is 48.5 Å². The van der Waals surface area contributed by atoms with E-state index in [1.165, 1.54) is 0 Å². The van der Waals surface area contributed by atoms with E-state index in [-0.39, 0.29) is 12.5 Å². The highest BCUT2D eigenvalue weighted by Crippen LogP contribution is 2.44. The van der Waals surface area contributed by atoms with E-state index >= 15 is 0 Å². The molecule has 1 heterocycles. The predicted molar refractivity (Wildman–Crippen MR) is 114 cm³/mol. The molecular weight excluding hydrogens is 412 g/mol. The number of nitrogens with one attached hydrogen (secondary N) is 2. The monoisotopic (exact) mass is 436 g/mol. The average molecular weight is 436 g/mol. The van der Waals surface area contributed by atoms with Gasteiger partial charge in [-0.15, -0.1) is 0 Å². The van der Waals surface area contributed by atoms with E-state index in [1.54, 1.807) is 0 Å². The maximum absolute atomic E-state index is 12.5. The Morgan fingerprint density at radius 2 is 1.66 bits per heavy atom. The Balaban J connectivity index is 1.21. The summed E-state index contributed by atoms with van der Waals surface area (Å²) in [4.78, 5) is 36.4. The molecule has 3 aliphatic rings. The first kappa shape index (κ1) is 20.5. The van der Waals surface area contributed by atoms with Crippen molar-refractivity contribution in [2.75, 3.05) is 13.2 Å². The molecule has 1 aliphatic heterocycles. The third kappa shape index (κ3) is 3.60. The second-order valence-corrected chi connectivity index (χ2v) is 8.53. The second-order valence-electron chi connectivity index (χ2n) is 8.53. The molecule has 32 heavy (non-hydrogen) atoms. The van der Waals surface area contributed by atoms with Crippen molar-refractivity contribution in [3.8, 4) is 11.1 Å². The van der Waals surface area contributed by atoms with Gasteiger partial charge in [0.25, 0.3) is 5.91 Å². The largest absolute Gasteiger partial charge is 0.480 e. The zero-order valence-corrected chi connectivity index (χ0v) is 17.4. The molecule has 5 rings (SSSR count). The first-order valence-electron chi connectivity index (χ1n) is 10.8. The number of hydrogen-bond acceptors (Lipinski definition) is 5. The fourth-order valence-corrected chi connectivity index (χ4v) is 4.61. The van der Waals surface area contributed by atoms with E-state index in [9.17, 15) is 19.5 Å². The summed E-state index contributed by atoms with van der Waals surface area (Å²) in [6.07, 6.45) is -0.328. The van der Waals surface area contributed by atoms with Crippen LogP contribution in [0.4, 0.5) is 4.79 Å². The Bertz CT molecular complexity index is 1030. The highest BCUT2D eigenvalue weighted by Gasteiger charge is 2.53. The van der Waals surface area contributed by atoms with Crippen LogP contribution >= 0.6 is 0 Å². The lowest BCUT2D eigenvalue weighted by molar-refractivity contribution is -0.145. The fourth-order valence-electron chi connectivity index (χ4n) is 4.61. The van der Waals surface area contributed by atoms with Crippen molar-refractivity contribution in [1.29, 1.82) is 0 Å². The molecule has 0 spiro atoms. The van der Waals surface area contributed by atoms with Crippen molar-refractivity contribution in [2.45, 2.75) is 42.9 Å². The Morgan fingerprint density at radius 1 is 1.03 bits per heavy atom. The highest BCUT2D eigenvalue weighted by atomic mass is 16.6. The SMILES string of the molecule is O=C(N[C@@H]1CCO[C@@H]1C(=O)NC1(C(=O)O)CC1)OCC1c2ccccc2-c2ccccc21. The van der Waals surface area contributed by atoms with Gasteiger partial charge in [-0.3, -0.25) is 4.79 Å². The van der Waals surface area contributed by atoms with Crippen LogP contribution in [-0.4, -0.2) is 54.0 Å². The third-order valence-electron chi connectivity index (χ3n) is 6.52. The van der Waals surface area contributed by atoms with E-state index in [2.05, 4.69) is 22.8 Å². The summed E-state index contributed by atoms with van der Waals surface area (Å²) in [7, 11) is 0. The van der Waals surface area contributed by atoms with Gasteiger partial charge in [-0.05, 0) is 41.5 Å². The van der Waals surface area contributed by atoms with Crippen molar-refractivity contribution in [3.63, 3.8) is 0 Å². The third-order valence-corrected chi connectivity index (χ3v) is 6.52. The molecule has 8 heteroatoms. The Kier molecular flexibility index (Phi) is 5.09. The van der Waals surface area contributed by atoms with Gasteiger partial charge in [0.1, 0.15) is 12.1 Å². The van der Waals surface area contributed by atoms with Crippen LogP contribution in [0.15, 0.2) is 48.5 Å². The smallest absolute Gasteiger partial charge is 0.407 e. The van der Waals surface area contributed by atoms with E-state index in [0.29, 0.717) is 25.9 Å². The molecule has 3 N–H and O–H groups in total. The van der Waals surface area contributed by atoms with Crippen LogP contribution in [0.2, 0.25) is 0 Å². The van der Waals surface area contributed by atoms with Crippen LogP contribution in [0, 0.1) is 0 Å². The summed E-state index contributed by atoms with van der Waals surface area (Å²) in [5.74, 6) is -1.63. The van der Waals surface area contributed by atoms with Crippen molar-refractivity contribution < 1.29 is 29.0 Å². The number of amides is 2. The lowest BCUT2D eigenvalue weighted by atomic mass is 9.98. The number of ether oxygens (including phenoxy) is 2.